The summed E-state index contributed by atoms with van der Waals surface area (Å²) in [5, 5.41) is 15.2. The molecule has 27 heavy (non-hydrogen) atoms. The monoisotopic (exact) mass is 435 g/mol. The molecule has 0 aliphatic carbocycles. The Morgan fingerprint density at radius 2 is 1.89 bits per heavy atom. The number of aromatic nitrogens is 2. The molecule has 0 bridgehead atoms. The molecule has 1 heterocycles. The van der Waals surface area contributed by atoms with Crippen LogP contribution in [0.1, 0.15) is 11.3 Å². The van der Waals surface area contributed by atoms with E-state index < -0.39 is 17.7 Å². The molecule has 0 saturated carbocycles. The average Bonchev–Trinajstić information content (AvgIpc) is 2.61. The van der Waals surface area contributed by atoms with Crippen molar-refractivity contribution < 1.29 is 18.7 Å². The van der Waals surface area contributed by atoms with Gasteiger partial charge in [-0.2, -0.15) is 5.10 Å². The maximum Gasteiger partial charge on any atom is 0.409 e. The van der Waals surface area contributed by atoms with Crippen molar-refractivity contribution in [3.63, 3.8) is 0 Å². The van der Waals surface area contributed by atoms with Crippen molar-refractivity contribution in [3.05, 3.63) is 86.2 Å². The van der Waals surface area contributed by atoms with Gasteiger partial charge < -0.3 is 5.11 Å². The maximum absolute atomic E-state index is 13.8. The molecule has 3 rings (SSSR count). The third kappa shape index (κ3) is 4.37. The number of rotatable bonds is 4. The Hall–Kier alpha value is -3.07. The van der Waals surface area contributed by atoms with Crippen LogP contribution in [0.15, 0.2) is 57.9 Å². The van der Waals surface area contributed by atoms with Crippen molar-refractivity contribution in [3.8, 4) is 5.69 Å². The zero-order valence-electron chi connectivity index (χ0n) is 13.6. The molecule has 0 atom stereocenters. The summed E-state index contributed by atoms with van der Waals surface area (Å²) in [5.74, 6) is -1.58. The van der Waals surface area contributed by atoms with E-state index in [1.54, 1.807) is 24.3 Å². The highest BCUT2D eigenvalue weighted by Crippen LogP contribution is 2.22. The van der Waals surface area contributed by atoms with Crippen LogP contribution in [-0.2, 0) is 6.42 Å². The van der Waals surface area contributed by atoms with Crippen LogP contribution < -0.4 is 10.7 Å². The van der Waals surface area contributed by atoms with E-state index in [0.29, 0.717) is 11.3 Å². The molecule has 0 fully saturated rings. The van der Waals surface area contributed by atoms with Gasteiger partial charge >= 0.3 is 6.09 Å². The van der Waals surface area contributed by atoms with Crippen molar-refractivity contribution in [2.75, 3.05) is 5.32 Å². The van der Waals surface area contributed by atoms with E-state index in [9.17, 15) is 18.4 Å². The first-order chi connectivity index (χ1) is 12.8. The van der Waals surface area contributed by atoms with E-state index in [2.05, 4.69) is 26.3 Å². The molecule has 9 heteroatoms. The van der Waals surface area contributed by atoms with Gasteiger partial charge in [-0.05, 0) is 33.6 Å². The SMILES string of the molecule is O=C(O)Nc1cccc(Cc2nn(-c3cc(F)c(Br)c(F)c3)ccc2=O)c1. The van der Waals surface area contributed by atoms with Crippen molar-refractivity contribution in [1.82, 2.24) is 9.78 Å². The quantitative estimate of drug-likeness (QED) is 0.607. The van der Waals surface area contributed by atoms with Gasteiger partial charge in [0.2, 0.25) is 5.43 Å². The fourth-order valence-electron chi connectivity index (χ4n) is 2.46. The summed E-state index contributed by atoms with van der Waals surface area (Å²) >= 11 is 2.80. The number of carbonyl (C=O) groups is 1. The fourth-order valence-corrected chi connectivity index (χ4v) is 2.69. The summed E-state index contributed by atoms with van der Waals surface area (Å²) in [6.45, 7) is 0. The number of nitrogens with one attached hydrogen (secondary N) is 1. The van der Waals surface area contributed by atoms with Crippen LogP contribution in [0.2, 0.25) is 0 Å². The predicted octanol–water partition coefficient (Wildman–Crippen LogP) is 3.95. The summed E-state index contributed by atoms with van der Waals surface area (Å²) in [6, 6.07) is 9.93. The number of halogens is 3. The molecule has 0 radical (unpaired) electrons. The van der Waals surface area contributed by atoms with Gasteiger partial charge in [0.15, 0.2) is 0 Å². The highest BCUT2D eigenvalue weighted by Gasteiger charge is 2.11. The minimum atomic E-state index is -1.20. The molecule has 2 N–H and O–H groups in total. The second kappa shape index (κ2) is 7.67. The van der Waals surface area contributed by atoms with Gasteiger partial charge in [-0.1, -0.05) is 12.1 Å². The molecule has 1 amide bonds. The van der Waals surface area contributed by atoms with Gasteiger partial charge in [-0.15, -0.1) is 0 Å². The second-order valence-corrected chi connectivity index (χ2v) is 6.39. The molecule has 2 aromatic carbocycles. The topological polar surface area (TPSA) is 84.2 Å². The van der Waals surface area contributed by atoms with E-state index in [-0.39, 0.29) is 27.7 Å². The van der Waals surface area contributed by atoms with Crippen LogP contribution in [0.3, 0.4) is 0 Å². The van der Waals surface area contributed by atoms with E-state index in [0.717, 1.165) is 12.1 Å². The minimum absolute atomic E-state index is 0.121. The fraction of sp³-hybridized carbons (Fsp3) is 0.0556. The normalized spacial score (nSPS) is 10.6. The summed E-state index contributed by atoms with van der Waals surface area (Å²) in [4.78, 5) is 22.8. The Morgan fingerprint density at radius 3 is 2.56 bits per heavy atom. The summed E-state index contributed by atoms with van der Waals surface area (Å²) in [6.07, 6.45) is 0.235. The third-order valence-electron chi connectivity index (χ3n) is 3.66. The molecule has 3 aromatic rings. The Morgan fingerprint density at radius 1 is 1.19 bits per heavy atom. The predicted molar refractivity (Wildman–Crippen MR) is 98.3 cm³/mol. The Labute approximate surface area is 160 Å². The number of amides is 1. The van der Waals surface area contributed by atoms with Gasteiger partial charge in [-0.25, -0.2) is 18.3 Å². The molecule has 1 aromatic heterocycles. The molecule has 0 aliphatic rings. The lowest BCUT2D eigenvalue weighted by Gasteiger charge is -2.09. The minimum Gasteiger partial charge on any atom is -0.465 e. The first-order valence-corrected chi connectivity index (χ1v) is 8.45. The first kappa shape index (κ1) is 18.7. The van der Waals surface area contributed by atoms with E-state index >= 15 is 0 Å². The van der Waals surface area contributed by atoms with Crippen molar-refractivity contribution in [2.24, 2.45) is 0 Å². The molecule has 0 unspecified atom stereocenters. The van der Waals surface area contributed by atoms with E-state index in [4.69, 9.17) is 5.11 Å². The third-order valence-corrected chi connectivity index (χ3v) is 4.42. The van der Waals surface area contributed by atoms with Crippen LogP contribution >= 0.6 is 15.9 Å². The standard InChI is InChI=1S/C18H12BrF2N3O3/c19-17-13(20)8-12(9-14(17)21)24-5-4-16(25)15(23-24)7-10-2-1-3-11(6-10)22-18(26)27/h1-6,8-9,22H,7H2,(H,26,27). The molecule has 0 saturated heterocycles. The van der Waals surface area contributed by atoms with Crippen molar-refractivity contribution >= 4 is 27.7 Å². The highest BCUT2D eigenvalue weighted by molar-refractivity contribution is 9.10. The molecule has 0 aliphatic heterocycles. The highest BCUT2D eigenvalue weighted by atomic mass is 79.9. The molecule has 138 valence electrons. The molecule has 0 spiro atoms. The first-order valence-electron chi connectivity index (χ1n) is 7.66. The smallest absolute Gasteiger partial charge is 0.409 e. The molecular weight excluding hydrogens is 424 g/mol. The Balaban J connectivity index is 1.95. The van der Waals surface area contributed by atoms with Crippen LogP contribution in [0.25, 0.3) is 5.69 Å². The average molecular weight is 436 g/mol. The van der Waals surface area contributed by atoms with Gasteiger partial charge in [0, 0.05) is 36.5 Å². The van der Waals surface area contributed by atoms with Crippen LogP contribution in [0, 0.1) is 11.6 Å². The van der Waals surface area contributed by atoms with Crippen molar-refractivity contribution in [1.29, 1.82) is 0 Å². The molecule has 6 nitrogen and oxygen atoms in total. The number of benzene rings is 2. The summed E-state index contributed by atoms with van der Waals surface area (Å²) in [5.41, 5.74) is 0.926. The lowest BCUT2D eigenvalue weighted by atomic mass is 10.1. The van der Waals surface area contributed by atoms with Crippen LogP contribution in [0.5, 0.6) is 0 Å². The van der Waals surface area contributed by atoms with Crippen LogP contribution in [0.4, 0.5) is 19.3 Å². The maximum atomic E-state index is 13.8. The van der Waals surface area contributed by atoms with Gasteiger partial charge in [0.25, 0.3) is 0 Å². The Kier molecular flexibility index (Phi) is 5.31. The molecular formula is C18H12BrF2N3O3. The van der Waals surface area contributed by atoms with Crippen LogP contribution in [-0.4, -0.2) is 21.0 Å². The zero-order valence-corrected chi connectivity index (χ0v) is 15.2. The van der Waals surface area contributed by atoms with Gasteiger partial charge in [0.1, 0.15) is 17.3 Å². The van der Waals surface area contributed by atoms with E-state index in [1.165, 1.54) is 16.9 Å². The zero-order chi connectivity index (χ0) is 19.6. The number of hydrogen-bond donors (Lipinski definition) is 2. The largest absolute Gasteiger partial charge is 0.465 e. The van der Waals surface area contributed by atoms with Gasteiger partial charge in [-0.3, -0.25) is 10.1 Å². The lowest BCUT2D eigenvalue weighted by molar-refractivity contribution is 0.209. The lowest BCUT2D eigenvalue weighted by Crippen LogP contribution is -2.16. The van der Waals surface area contributed by atoms with E-state index in [1.807, 2.05) is 0 Å². The number of hydrogen-bond acceptors (Lipinski definition) is 3. The summed E-state index contributed by atoms with van der Waals surface area (Å²) < 4.78 is 28.4. The summed E-state index contributed by atoms with van der Waals surface area (Å²) in [7, 11) is 0. The Bertz CT molecular complexity index is 1060. The number of carboxylic acid groups (broad SMARTS) is 1. The van der Waals surface area contributed by atoms with Gasteiger partial charge in [0.05, 0.1) is 10.2 Å². The number of nitrogens with zero attached hydrogens (tertiary/aromatic N) is 2. The number of anilines is 1. The second-order valence-electron chi connectivity index (χ2n) is 5.60. The van der Waals surface area contributed by atoms with Crippen molar-refractivity contribution in [2.45, 2.75) is 6.42 Å².